The lowest BCUT2D eigenvalue weighted by molar-refractivity contribution is -0.146. The molecule has 1 aliphatic heterocycles. The topological polar surface area (TPSA) is 105 Å². The summed E-state index contributed by atoms with van der Waals surface area (Å²) in [7, 11) is -2.36. The van der Waals surface area contributed by atoms with Crippen molar-refractivity contribution in [2.75, 3.05) is 40.0 Å². The fraction of sp³-hybridized carbons (Fsp3) is 0.875. The highest BCUT2D eigenvalue weighted by Gasteiger charge is 2.37. The number of hydrogen-bond donors (Lipinski definition) is 2. The first-order chi connectivity index (χ1) is 7.99. The first-order valence-corrected chi connectivity index (χ1v) is 6.49. The molecule has 0 aromatic rings. The predicted molar refractivity (Wildman–Crippen MR) is 57.7 cm³/mol. The Kier molecular flexibility index (Phi) is 5.28. The van der Waals surface area contributed by atoms with E-state index in [0.717, 1.165) is 4.31 Å². The Bertz CT molecular complexity index is 357. The molecule has 1 atom stereocenters. The van der Waals surface area contributed by atoms with Gasteiger partial charge in [-0.3, -0.25) is 4.79 Å². The number of morpholine rings is 1. The number of aliphatic carboxylic acids is 1. The first-order valence-electron chi connectivity index (χ1n) is 5.05. The van der Waals surface area contributed by atoms with Gasteiger partial charge < -0.3 is 14.6 Å². The van der Waals surface area contributed by atoms with Gasteiger partial charge in [0.05, 0.1) is 19.8 Å². The number of methoxy groups -OCH3 is 1. The molecule has 1 aliphatic rings. The third-order valence-corrected chi connectivity index (χ3v) is 3.89. The van der Waals surface area contributed by atoms with E-state index in [-0.39, 0.29) is 32.9 Å². The van der Waals surface area contributed by atoms with E-state index in [1.165, 1.54) is 7.11 Å². The molecule has 8 nitrogen and oxygen atoms in total. The van der Waals surface area contributed by atoms with Crippen molar-refractivity contribution in [2.24, 2.45) is 0 Å². The number of ether oxygens (including phenoxy) is 2. The number of carboxylic acid groups (broad SMARTS) is 1. The van der Waals surface area contributed by atoms with Gasteiger partial charge in [-0.2, -0.15) is 17.4 Å². The standard InChI is InChI=1S/C8H16N2O6S/c1-15-4-2-9-17(13,14)10-3-5-16-6-7(10)8(11)12/h7,9H,2-6H2,1H3,(H,11,12). The minimum atomic E-state index is -3.81. The normalized spacial score (nSPS) is 22.5. The molecule has 0 aromatic heterocycles. The van der Waals surface area contributed by atoms with Crippen LogP contribution in [0.25, 0.3) is 0 Å². The molecule has 1 unspecified atom stereocenters. The molecule has 0 spiro atoms. The van der Waals surface area contributed by atoms with E-state index in [4.69, 9.17) is 14.6 Å². The van der Waals surface area contributed by atoms with Crippen molar-refractivity contribution in [1.82, 2.24) is 9.03 Å². The zero-order valence-corrected chi connectivity index (χ0v) is 10.3. The maximum absolute atomic E-state index is 11.8. The Morgan fingerprint density at radius 2 is 2.35 bits per heavy atom. The molecule has 2 N–H and O–H groups in total. The smallest absolute Gasteiger partial charge is 0.324 e. The van der Waals surface area contributed by atoms with E-state index in [1.807, 2.05) is 0 Å². The molecule has 17 heavy (non-hydrogen) atoms. The molecule has 0 aromatic carbocycles. The van der Waals surface area contributed by atoms with Crippen molar-refractivity contribution in [1.29, 1.82) is 0 Å². The van der Waals surface area contributed by atoms with E-state index in [1.54, 1.807) is 0 Å². The van der Waals surface area contributed by atoms with Crippen molar-refractivity contribution in [3.63, 3.8) is 0 Å². The van der Waals surface area contributed by atoms with E-state index in [2.05, 4.69) is 4.72 Å². The van der Waals surface area contributed by atoms with Crippen molar-refractivity contribution in [3.05, 3.63) is 0 Å². The fourth-order valence-electron chi connectivity index (χ4n) is 1.43. The molecule has 1 saturated heterocycles. The summed E-state index contributed by atoms with van der Waals surface area (Å²) < 4.78 is 36.5. The minimum absolute atomic E-state index is 0.0271. The number of hydrogen-bond acceptors (Lipinski definition) is 5. The second kappa shape index (κ2) is 6.26. The highest BCUT2D eigenvalue weighted by atomic mass is 32.2. The van der Waals surface area contributed by atoms with Crippen molar-refractivity contribution in [2.45, 2.75) is 6.04 Å². The number of carboxylic acids is 1. The van der Waals surface area contributed by atoms with Crippen LogP contribution in [0.3, 0.4) is 0 Å². The highest BCUT2D eigenvalue weighted by Crippen LogP contribution is 2.11. The van der Waals surface area contributed by atoms with Gasteiger partial charge in [0.1, 0.15) is 6.04 Å². The van der Waals surface area contributed by atoms with Crippen LogP contribution < -0.4 is 4.72 Å². The van der Waals surface area contributed by atoms with Crippen LogP contribution in [-0.4, -0.2) is 69.9 Å². The summed E-state index contributed by atoms with van der Waals surface area (Å²) in [6, 6.07) is -1.18. The lowest BCUT2D eigenvalue weighted by Crippen LogP contribution is -2.56. The molecule has 1 rings (SSSR count). The fourth-order valence-corrected chi connectivity index (χ4v) is 2.73. The van der Waals surface area contributed by atoms with Gasteiger partial charge in [-0.15, -0.1) is 0 Å². The Morgan fingerprint density at radius 3 is 2.94 bits per heavy atom. The molecule has 1 heterocycles. The van der Waals surface area contributed by atoms with E-state index >= 15 is 0 Å². The molecule has 0 aliphatic carbocycles. The van der Waals surface area contributed by atoms with Crippen LogP contribution in [0.1, 0.15) is 0 Å². The van der Waals surface area contributed by atoms with Crippen LogP contribution in [0.15, 0.2) is 0 Å². The van der Waals surface area contributed by atoms with Crippen LogP contribution in [0.2, 0.25) is 0 Å². The second-order valence-corrected chi connectivity index (χ2v) is 5.14. The Hall–Kier alpha value is -0.740. The maximum atomic E-state index is 11.8. The minimum Gasteiger partial charge on any atom is -0.480 e. The summed E-state index contributed by atoms with van der Waals surface area (Å²) in [5.74, 6) is -1.22. The van der Waals surface area contributed by atoms with Crippen molar-refractivity contribution in [3.8, 4) is 0 Å². The molecule has 1 fully saturated rings. The third-order valence-electron chi connectivity index (χ3n) is 2.26. The maximum Gasteiger partial charge on any atom is 0.324 e. The molecule has 0 radical (unpaired) electrons. The van der Waals surface area contributed by atoms with Gasteiger partial charge in [-0.05, 0) is 0 Å². The molecule has 0 saturated carbocycles. The van der Waals surface area contributed by atoms with Crippen LogP contribution in [0.5, 0.6) is 0 Å². The van der Waals surface area contributed by atoms with Crippen molar-refractivity contribution < 1.29 is 27.8 Å². The SMILES string of the molecule is COCCNS(=O)(=O)N1CCOCC1C(=O)O. The second-order valence-electron chi connectivity index (χ2n) is 3.43. The average molecular weight is 268 g/mol. The Labute approximate surface area is 99.7 Å². The number of nitrogens with zero attached hydrogens (tertiary/aromatic N) is 1. The summed E-state index contributed by atoms with van der Waals surface area (Å²) in [5.41, 5.74) is 0. The van der Waals surface area contributed by atoms with Crippen molar-refractivity contribution >= 4 is 16.2 Å². The number of carbonyl (C=O) groups is 1. The zero-order chi connectivity index (χ0) is 12.9. The van der Waals surface area contributed by atoms with Crippen LogP contribution in [-0.2, 0) is 24.5 Å². The first kappa shape index (κ1) is 14.3. The lowest BCUT2D eigenvalue weighted by atomic mass is 10.3. The molecule has 0 amide bonds. The summed E-state index contributed by atoms with van der Waals surface area (Å²) >= 11 is 0. The molecule has 9 heteroatoms. The lowest BCUT2D eigenvalue weighted by Gasteiger charge is -2.31. The van der Waals surface area contributed by atoms with Gasteiger partial charge >= 0.3 is 5.97 Å². The summed E-state index contributed by atoms with van der Waals surface area (Å²) in [5, 5.41) is 8.91. The highest BCUT2D eigenvalue weighted by molar-refractivity contribution is 7.87. The van der Waals surface area contributed by atoms with Crippen LogP contribution in [0.4, 0.5) is 0 Å². The van der Waals surface area contributed by atoms with Gasteiger partial charge in [-0.25, -0.2) is 0 Å². The van der Waals surface area contributed by atoms with E-state index in [9.17, 15) is 13.2 Å². The molecule has 100 valence electrons. The Morgan fingerprint density at radius 1 is 1.65 bits per heavy atom. The largest absolute Gasteiger partial charge is 0.480 e. The molecular formula is C8H16N2O6S. The van der Waals surface area contributed by atoms with Crippen LogP contribution in [0, 0.1) is 0 Å². The summed E-state index contributed by atoms with van der Waals surface area (Å²) in [6.07, 6.45) is 0. The van der Waals surface area contributed by atoms with Crippen LogP contribution >= 0.6 is 0 Å². The van der Waals surface area contributed by atoms with E-state index in [0.29, 0.717) is 0 Å². The van der Waals surface area contributed by atoms with Gasteiger partial charge in [0, 0.05) is 20.2 Å². The average Bonchev–Trinajstić information content (AvgIpc) is 2.29. The predicted octanol–water partition coefficient (Wildman–Crippen LogP) is -1.75. The molecular weight excluding hydrogens is 252 g/mol. The van der Waals surface area contributed by atoms with Gasteiger partial charge in [0.25, 0.3) is 10.2 Å². The number of nitrogens with one attached hydrogen (secondary N) is 1. The van der Waals surface area contributed by atoms with Gasteiger partial charge in [0.15, 0.2) is 0 Å². The zero-order valence-electron chi connectivity index (χ0n) is 9.46. The number of rotatable bonds is 6. The van der Waals surface area contributed by atoms with E-state index < -0.39 is 22.2 Å². The Balaban J connectivity index is 2.69. The monoisotopic (exact) mass is 268 g/mol. The van der Waals surface area contributed by atoms with Gasteiger partial charge in [-0.1, -0.05) is 0 Å². The molecule has 0 bridgehead atoms. The quantitative estimate of drug-likeness (QED) is 0.554. The summed E-state index contributed by atoms with van der Waals surface area (Å²) in [4.78, 5) is 10.9. The summed E-state index contributed by atoms with van der Waals surface area (Å²) in [6.45, 7) is 0.401. The third kappa shape index (κ3) is 3.89. The van der Waals surface area contributed by atoms with Gasteiger partial charge in [0.2, 0.25) is 0 Å².